The summed E-state index contributed by atoms with van der Waals surface area (Å²) in [4.78, 5) is 47.1. The number of imide groups is 1. The zero-order valence-electron chi connectivity index (χ0n) is 15.1. The van der Waals surface area contributed by atoms with Crippen molar-refractivity contribution in [1.82, 2.24) is 15.2 Å². The number of nitrogens with zero attached hydrogens (tertiary/aromatic N) is 1. The lowest BCUT2D eigenvalue weighted by Crippen LogP contribution is -2.48. The molecule has 0 aliphatic heterocycles. The van der Waals surface area contributed by atoms with Gasteiger partial charge in [-0.1, -0.05) is 30.6 Å². The molecule has 0 bridgehead atoms. The van der Waals surface area contributed by atoms with Crippen LogP contribution in [0.5, 0.6) is 0 Å². The largest absolute Gasteiger partial charge is 0.452 e. The molecule has 26 heavy (non-hydrogen) atoms. The summed E-state index contributed by atoms with van der Waals surface area (Å²) >= 11 is 1.07. The smallest absolute Gasteiger partial charge is 0.321 e. The van der Waals surface area contributed by atoms with E-state index >= 15 is 0 Å². The molecule has 1 aliphatic carbocycles. The first-order valence-electron chi connectivity index (χ1n) is 8.82. The summed E-state index contributed by atoms with van der Waals surface area (Å²) in [6, 6.07) is -0.480. The number of aromatic nitrogens is 1. The zero-order chi connectivity index (χ0) is 19.1. The lowest BCUT2D eigenvalue weighted by atomic mass is 9.96. The fraction of sp³-hybridized carbons (Fsp3) is 0.647. The van der Waals surface area contributed by atoms with Crippen LogP contribution in [0.15, 0.2) is 10.2 Å². The van der Waals surface area contributed by atoms with E-state index in [1.807, 2.05) is 0 Å². The number of urea groups is 1. The van der Waals surface area contributed by atoms with Crippen molar-refractivity contribution in [3.63, 3.8) is 0 Å². The Morgan fingerprint density at radius 2 is 2.00 bits per heavy atom. The Balaban J connectivity index is 1.72. The van der Waals surface area contributed by atoms with Crippen molar-refractivity contribution in [3.05, 3.63) is 20.7 Å². The van der Waals surface area contributed by atoms with E-state index in [2.05, 4.69) is 10.6 Å². The number of hydrogen-bond acceptors (Lipinski definition) is 6. The van der Waals surface area contributed by atoms with E-state index in [9.17, 15) is 19.2 Å². The van der Waals surface area contributed by atoms with Crippen LogP contribution in [0.4, 0.5) is 4.79 Å². The van der Waals surface area contributed by atoms with E-state index in [0.717, 1.165) is 42.7 Å². The SMILES string of the molecule is Cc1csc(=O)n1CCC(=O)OC(C)C(=O)NC(=O)NC1CCCCC1. The fourth-order valence-electron chi connectivity index (χ4n) is 2.87. The number of nitrogens with one attached hydrogen (secondary N) is 2. The number of thiazole rings is 1. The average Bonchev–Trinajstić information content (AvgIpc) is 2.92. The van der Waals surface area contributed by atoms with Crippen LogP contribution in [0, 0.1) is 6.92 Å². The number of ether oxygens (including phenoxy) is 1. The quantitative estimate of drug-likeness (QED) is 0.727. The van der Waals surface area contributed by atoms with Gasteiger partial charge in [-0.2, -0.15) is 0 Å². The van der Waals surface area contributed by atoms with Gasteiger partial charge in [0.2, 0.25) is 0 Å². The highest BCUT2D eigenvalue weighted by Crippen LogP contribution is 2.17. The minimum Gasteiger partial charge on any atom is -0.452 e. The first-order valence-corrected chi connectivity index (χ1v) is 9.70. The molecule has 144 valence electrons. The highest BCUT2D eigenvalue weighted by molar-refractivity contribution is 7.07. The van der Waals surface area contributed by atoms with Crippen LogP contribution in [0.25, 0.3) is 0 Å². The Bertz CT molecular complexity index is 705. The second-order valence-corrected chi connectivity index (χ2v) is 7.30. The maximum Gasteiger partial charge on any atom is 0.321 e. The molecule has 0 aromatic carbocycles. The second kappa shape index (κ2) is 9.51. The first kappa shape index (κ1) is 20.2. The second-order valence-electron chi connectivity index (χ2n) is 6.47. The van der Waals surface area contributed by atoms with Crippen molar-refractivity contribution in [3.8, 4) is 0 Å². The molecule has 8 nitrogen and oxygen atoms in total. The highest BCUT2D eigenvalue weighted by atomic mass is 32.1. The van der Waals surface area contributed by atoms with Crippen LogP contribution in [0.2, 0.25) is 0 Å². The monoisotopic (exact) mass is 383 g/mol. The van der Waals surface area contributed by atoms with E-state index in [0.29, 0.717) is 0 Å². The molecule has 1 aromatic heterocycles. The van der Waals surface area contributed by atoms with Gasteiger partial charge < -0.3 is 14.6 Å². The maximum absolute atomic E-state index is 12.0. The lowest BCUT2D eigenvalue weighted by Gasteiger charge is -2.23. The van der Waals surface area contributed by atoms with Gasteiger partial charge in [-0.25, -0.2) is 4.79 Å². The predicted octanol–water partition coefficient (Wildman–Crippen LogP) is 1.70. The predicted molar refractivity (Wildman–Crippen MR) is 97.0 cm³/mol. The number of carbonyl (C=O) groups excluding carboxylic acids is 3. The molecule has 2 N–H and O–H groups in total. The fourth-order valence-corrected chi connectivity index (χ4v) is 3.63. The Hall–Kier alpha value is -2.16. The lowest BCUT2D eigenvalue weighted by molar-refractivity contribution is -0.154. The molecule has 1 aliphatic rings. The third-order valence-corrected chi connectivity index (χ3v) is 5.25. The molecule has 1 aromatic rings. The van der Waals surface area contributed by atoms with Gasteiger partial charge in [0.1, 0.15) is 0 Å². The van der Waals surface area contributed by atoms with E-state index < -0.39 is 24.0 Å². The van der Waals surface area contributed by atoms with E-state index in [1.165, 1.54) is 17.9 Å². The van der Waals surface area contributed by atoms with Gasteiger partial charge in [0, 0.05) is 23.7 Å². The van der Waals surface area contributed by atoms with Crippen LogP contribution in [-0.4, -0.2) is 34.6 Å². The third kappa shape index (κ3) is 5.98. The molecule has 0 spiro atoms. The molecule has 1 unspecified atom stereocenters. The summed E-state index contributed by atoms with van der Waals surface area (Å²) in [6.45, 7) is 3.39. The minimum atomic E-state index is -1.08. The van der Waals surface area contributed by atoms with Crippen molar-refractivity contribution in [2.75, 3.05) is 0 Å². The Labute approximate surface area is 155 Å². The van der Waals surface area contributed by atoms with Crippen molar-refractivity contribution in [2.45, 2.75) is 71.1 Å². The summed E-state index contributed by atoms with van der Waals surface area (Å²) in [5.74, 6) is -1.27. The van der Waals surface area contributed by atoms with E-state index in [4.69, 9.17) is 4.74 Å². The number of amides is 3. The van der Waals surface area contributed by atoms with Gasteiger partial charge in [-0.15, -0.1) is 0 Å². The van der Waals surface area contributed by atoms with Crippen molar-refractivity contribution >= 4 is 29.2 Å². The van der Waals surface area contributed by atoms with Gasteiger partial charge in [0.25, 0.3) is 5.91 Å². The van der Waals surface area contributed by atoms with Crippen LogP contribution < -0.4 is 15.5 Å². The van der Waals surface area contributed by atoms with Crippen molar-refractivity contribution in [2.24, 2.45) is 0 Å². The van der Waals surface area contributed by atoms with Crippen LogP contribution in [0.3, 0.4) is 0 Å². The van der Waals surface area contributed by atoms with Crippen LogP contribution >= 0.6 is 11.3 Å². The number of aryl methyl sites for hydroxylation is 1. The molecule has 1 heterocycles. The van der Waals surface area contributed by atoms with Gasteiger partial charge in [0.15, 0.2) is 6.10 Å². The highest BCUT2D eigenvalue weighted by Gasteiger charge is 2.22. The van der Waals surface area contributed by atoms with Gasteiger partial charge in [-0.05, 0) is 26.7 Å². The molecule has 2 rings (SSSR count). The van der Waals surface area contributed by atoms with Crippen molar-refractivity contribution in [1.29, 1.82) is 0 Å². The normalized spacial score (nSPS) is 15.9. The molecule has 9 heteroatoms. The number of rotatable bonds is 6. The minimum absolute atomic E-state index is 0.0244. The van der Waals surface area contributed by atoms with Gasteiger partial charge in [0.05, 0.1) is 6.42 Å². The summed E-state index contributed by atoms with van der Waals surface area (Å²) in [6.07, 6.45) is 4.02. The Kier molecular flexibility index (Phi) is 7.38. The summed E-state index contributed by atoms with van der Waals surface area (Å²) in [7, 11) is 0. The van der Waals surface area contributed by atoms with Gasteiger partial charge >= 0.3 is 16.9 Å². The topological polar surface area (TPSA) is 106 Å². The maximum atomic E-state index is 12.0. The first-order chi connectivity index (χ1) is 12.4. The van der Waals surface area contributed by atoms with Crippen LogP contribution in [0.1, 0.15) is 51.1 Å². The molecule has 1 fully saturated rings. The molecule has 1 atom stereocenters. The molecule has 0 saturated heterocycles. The Morgan fingerprint density at radius 1 is 1.31 bits per heavy atom. The molecule has 0 radical (unpaired) electrons. The molecule has 1 saturated carbocycles. The number of hydrogen-bond donors (Lipinski definition) is 2. The summed E-state index contributed by atoms with van der Waals surface area (Å²) < 4.78 is 6.52. The van der Waals surface area contributed by atoms with E-state index in [-0.39, 0.29) is 23.9 Å². The average molecular weight is 383 g/mol. The number of esters is 1. The number of carbonyl (C=O) groups is 3. The summed E-state index contributed by atoms with van der Waals surface area (Å²) in [5, 5.41) is 6.68. The Morgan fingerprint density at radius 3 is 2.62 bits per heavy atom. The van der Waals surface area contributed by atoms with E-state index in [1.54, 1.807) is 12.3 Å². The summed E-state index contributed by atoms with van der Waals surface area (Å²) in [5.41, 5.74) is 0.776. The standard InChI is InChI=1S/C17H25N3O5S/c1-11-10-26-17(24)20(11)9-8-14(21)25-12(2)15(22)19-16(23)18-13-6-4-3-5-7-13/h10,12-13H,3-9H2,1-2H3,(H2,18,19,22,23). The van der Waals surface area contributed by atoms with Gasteiger partial charge in [-0.3, -0.25) is 19.7 Å². The zero-order valence-corrected chi connectivity index (χ0v) is 15.9. The third-order valence-electron chi connectivity index (χ3n) is 4.37. The molecule has 3 amide bonds. The molecular formula is C17H25N3O5S. The van der Waals surface area contributed by atoms with Crippen molar-refractivity contribution < 1.29 is 19.1 Å². The van der Waals surface area contributed by atoms with Crippen LogP contribution in [-0.2, 0) is 20.9 Å². The molecular weight excluding hydrogens is 358 g/mol.